The van der Waals surface area contributed by atoms with Crippen molar-refractivity contribution in [1.82, 2.24) is 4.98 Å². The van der Waals surface area contributed by atoms with Crippen molar-refractivity contribution in [3.63, 3.8) is 0 Å². The van der Waals surface area contributed by atoms with E-state index in [0.717, 1.165) is 5.39 Å². The van der Waals surface area contributed by atoms with Gasteiger partial charge in [-0.05, 0) is 78.2 Å². The van der Waals surface area contributed by atoms with E-state index >= 15 is 0 Å². The minimum atomic E-state index is -1.34. The molecule has 0 spiro atoms. The lowest BCUT2D eigenvalue weighted by molar-refractivity contribution is -0.142. The third kappa shape index (κ3) is 5.01. The number of aliphatic carboxylic acids is 1. The third-order valence-corrected chi connectivity index (χ3v) is 7.34. The van der Waals surface area contributed by atoms with Crippen LogP contribution in [-0.4, -0.2) is 44.8 Å². The minimum Gasteiger partial charge on any atom is -0.487 e. The predicted molar refractivity (Wildman–Crippen MR) is 139 cm³/mol. The van der Waals surface area contributed by atoms with Gasteiger partial charge in [0, 0.05) is 39.5 Å². The highest BCUT2D eigenvalue weighted by Crippen LogP contribution is 2.33. The molecule has 1 aliphatic rings. The van der Waals surface area contributed by atoms with Gasteiger partial charge in [0.15, 0.2) is 11.3 Å². The Kier molecular flexibility index (Phi) is 6.55. The molecule has 36 heavy (non-hydrogen) atoms. The quantitative estimate of drug-likeness (QED) is 0.286. The highest BCUT2D eigenvalue weighted by Gasteiger charge is 2.43. The van der Waals surface area contributed by atoms with Crippen molar-refractivity contribution in [2.24, 2.45) is 4.99 Å². The molecular weight excluding hydrogens is 503 g/mol. The maximum Gasteiger partial charge on any atom is 0.332 e. The molecule has 2 N–H and O–H groups in total. The molecule has 1 aliphatic heterocycles. The van der Waals surface area contributed by atoms with Gasteiger partial charge in [0.1, 0.15) is 23.2 Å². The van der Waals surface area contributed by atoms with Gasteiger partial charge < -0.3 is 14.8 Å². The standard InChI is InChI=1S/C27H20ClFN2O4S/c28-19-6-1-16(2-7-19)25(32)17-4-9-22(10-5-17)35-14-24-31-27(15-36-24,26(33)34)13-21-11-18-3-8-20(29)12-23(18)30-21/h1-12,30H,13-15H2,(H,33,34). The first-order valence-corrected chi connectivity index (χ1v) is 12.4. The summed E-state index contributed by atoms with van der Waals surface area (Å²) in [6.45, 7) is 0.113. The van der Waals surface area contributed by atoms with E-state index in [1.54, 1.807) is 54.6 Å². The molecular formula is C27H20ClFN2O4S. The number of carbonyl (C=O) groups is 2. The van der Waals surface area contributed by atoms with E-state index in [2.05, 4.69) is 9.98 Å². The Morgan fingerprint density at radius 3 is 2.44 bits per heavy atom. The van der Waals surface area contributed by atoms with Crippen molar-refractivity contribution < 1.29 is 23.8 Å². The number of aliphatic imine (C=N–C) groups is 1. The summed E-state index contributed by atoms with van der Waals surface area (Å²) in [5.74, 6) is -0.712. The number of halogens is 2. The molecule has 4 aromatic rings. The maximum atomic E-state index is 13.5. The number of nitrogens with zero attached hydrogens (tertiary/aromatic N) is 1. The van der Waals surface area contributed by atoms with Gasteiger partial charge in [-0.25, -0.2) is 9.18 Å². The largest absolute Gasteiger partial charge is 0.487 e. The Morgan fingerprint density at radius 1 is 1.06 bits per heavy atom. The number of H-pyrrole nitrogens is 1. The summed E-state index contributed by atoms with van der Waals surface area (Å²) in [5.41, 5.74) is 1.000. The van der Waals surface area contributed by atoms with Crippen LogP contribution in [0.5, 0.6) is 5.75 Å². The summed E-state index contributed by atoms with van der Waals surface area (Å²) in [4.78, 5) is 32.4. The second kappa shape index (κ2) is 9.79. The van der Waals surface area contributed by atoms with Crippen molar-refractivity contribution >= 4 is 51.1 Å². The number of carbonyl (C=O) groups excluding carboxylic acids is 1. The molecule has 5 rings (SSSR count). The maximum absolute atomic E-state index is 13.5. The van der Waals surface area contributed by atoms with E-state index in [0.29, 0.717) is 38.2 Å². The molecule has 0 saturated carbocycles. The van der Waals surface area contributed by atoms with E-state index in [1.807, 2.05) is 6.07 Å². The van der Waals surface area contributed by atoms with Crippen LogP contribution in [0.3, 0.4) is 0 Å². The number of ether oxygens (including phenoxy) is 1. The first kappa shape index (κ1) is 24.1. The van der Waals surface area contributed by atoms with Crippen LogP contribution >= 0.6 is 23.4 Å². The molecule has 0 fully saturated rings. The van der Waals surface area contributed by atoms with E-state index in [4.69, 9.17) is 16.3 Å². The van der Waals surface area contributed by atoms with Crippen molar-refractivity contribution in [1.29, 1.82) is 0 Å². The number of nitrogens with one attached hydrogen (secondary N) is 1. The number of hydrogen-bond donors (Lipinski definition) is 2. The average molecular weight is 523 g/mol. The number of rotatable bonds is 8. The molecule has 2 heterocycles. The lowest BCUT2D eigenvalue weighted by atomic mass is 9.96. The lowest BCUT2D eigenvalue weighted by Crippen LogP contribution is -2.39. The van der Waals surface area contributed by atoms with Crippen molar-refractivity contribution in [3.05, 3.63) is 100 Å². The van der Waals surface area contributed by atoms with Gasteiger partial charge in [-0.1, -0.05) is 11.6 Å². The highest BCUT2D eigenvalue weighted by atomic mass is 35.5. The summed E-state index contributed by atoms with van der Waals surface area (Å²) >= 11 is 7.22. The number of aromatic nitrogens is 1. The molecule has 9 heteroatoms. The van der Waals surface area contributed by atoms with E-state index in [-0.39, 0.29) is 30.4 Å². The fraction of sp³-hybridized carbons (Fsp3) is 0.148. The molecule has 0 saturated heterocycles. The molecule has 1 atom stereocenters. The third-order valence-electron chi connectivity index (χ3n) is 5.92. The van der Waals surface area contributed by atoms with Crippen molar-refractivity contribution in [2.45, 2.75) is 12.0 Å². The summed E-state index contributed by atoms with van der Waals surface area (Å²) < 4.78 is 19.3. The Hall–Kier alpha value is -3.62. The summed E-state index contributed by atoms with van der Waals surface area (Å²) in [6, 6.07) is 19.6. The average Bonchev–Trinajstić information content (AvgIpc) is 3.47. The van der Waals surface area contributed by atoms with Crippen molar-refractivity contribution in [2.75, 3.05) is 12.4 Å². The first-order valence-electron chi connectivity index (χ1n) is 11.1. The number of fused-ring (bicyclic) bond motifs is 1. The van der Waals surface area contributed by atoms with Crippen LogP contribution in [-0.2, 0) is 11.2 Å². The van der Waals surface area contributed by atoms with Crippen LogP contribution in [0.4, 0.5) is 4.39 Å². The normalized spacial score (nSPS) is 17.2. The molecule has 1 unspecified atom stereocenters. The van der Waals surface area contributed by atoms with Crippen LogP contribution in [0.25, 0.3) is 10.9 Å². The number of aromatic amines is 1. The monoisotopic (exact) mass is 522 g/mol. The SMILES string of the molecule is O=C(c1ccc(Cl)cc1)c1ccc(OCC2=NC(Cc3cc4ccc(F)cc4[nH]3)(C(=O)O)CS2)cc1. The smallest absolute Gasteiger partial charge is 0.332 e. The fourth-order valence-electron chi connectivity index (χ4n) is 4.04. The predicted octanol–water partition coefficient (Wildman–Crippen LogP) is 5.78. The number of hydrogen-bond acceptors (Lipinski definition) is 5. The number of thioether (sulfide) groups is 1. The van der Waals surface area contributed by atoms with Gasteiger partial charge in [-0.2, -0.15) is 0 Å². The Morgan fingerprint density at radius 2 is 1.75 bits per heavy atom. The Balaban J connectivity index is 1.25. The first-order chi connectivity index (χ1) is 17.3. The van der Waals surface area contributed by atoms with Gasteiger partial charge in [-0.3, -0.25) is 9.79 Å². The molecule has 1 aromatic heterocycles. The second-order valence-electron chi connectivity index (χ2n) is 8.48. The number of carboxylic acid groups (broad SMARTS) is 1. The van der Waals surface area contributed by atoms with Crippen LogP contribution in [0.15, 0.2) is 77.8 Å². The second-order valence-corrected chi connectivity index (χ2v) is 9.97. The summed E-state index contributed by atoms with van der Waals surface area (Å²) in [5, 5.41) is 11.9. The molecule has 0 amide bonds. The highest BCUT2D eigenvalue weighted by molar-refractivity contribution is 8.14. The van der Waals surface area contributed by atoms with E-state index in [9.17, 15) is 19.1 Å². The molecule has 0 radical (unpaired) electrons. The van der Waals surface area contributed by atoms with Crippen LogP contribution in [0.1, 0.15) is 21.6 Å². The number of carboxylic acids is 1. The zero-order valence-electron chi connectivity index (χ0n) is 18.8. The van der Waals surface area contributed by atoms with Gasteiger partial charge in [0.2, 0.25) is 0 Å². The number of benzene rings is 3. The zero-order chi connectivity index (χ0) is 25.3. The molecule has 182 valence electrons. The van der Waals surface area contributed by atoms with Crippen LogP contribution < -0.4 is 4.74 Å². The number of ketones is 1. The molecule has 6 nitrogen and oxygen atoms in total. The summed E-state index contributed by atoms with van der Waals surface area (Å²) in [6.07, 6.45) is 0.149. The molecule has 0 aliphatic carbocycles. The van der Waals surface area contributed by atoms with Gasteiger partial charge in [0.05, 0.1) is 0 Å². The van der Waals surface area contributed by atoms with E-state index in [1.165, 1.54) is 23.9 Å². The topological polar surface area (TPSA) is 91.8 Å². The van der Waals surface area contributed by atoms with Crippen molar-refractivity contribution in [3.8, 4) is 5.75 Å². The minimum absolute atomic E-state index is 0.113. The van der Waals surface area contributed by atoms with Crippen LogP contribution in [0, 0.1) is 5.82 Å². The Labute approximate surface area is 215 Å². The van der Waals surface area contributed by atoms with Crippen LogP contribution in [0.2, 0.25) is 5.02 Å². The zero-order valence-corrected chi connectivity index (χ0v) is 20.4. The summed E-state index contributed by atoms with van der Waals surface area (Å²) in [7, 11) is 0. The van der Waals surface area contributed by atoms with Gasteiger partial charge >= 0.3 is 5.97 Å². The lowest BCUT2D eigenvalue weighted by Gasteiger charge is -2.19. The molecule has 0 bridgehead atoms. The van der Waals surface area contributed by atoms with Gasteiger partial charge in [0.25, 0.3) is 0 Å². The Bertz CT molecular complexity index is 1480. The van der Waals surface area contributed by atoms with E-state index < -0.39 is 11.5 Å². The fourth-order valence-corrected chi connectivity index (χ4v) is 5.24. The molecule has 3 aromatic carbocycles. The van der Waals surface area contributed by atoms with Gasteiger partial charge in [-0.15, -0.1) is 11.8 Å².